The number of anilines is 2. The molecule has 0 spiro atoms. The summed E-state index contributed by atoms with van der Waals surface area (Å²) in [6.45, 7) is 7.65. The highest BCUT2D eigenvalue weighted by Gasteiger charge is 2.15. The molecule has 0 bridgehead atoms. The number of aromatic nitrogens is 1. The number of amides is 1. The van der Waals surface area contributed by atoms with Crippen LogP contribution in [0.3, 0.4) is 0 Å². The fourth-order valence-electron chi connectivity index (χ4n) is 1.28. The van der Waals surface area contributed by atoms with Gasteiger partial charge in [-0.25, -0.2) is 4.98 Å². The van der Waals surface area contributed by atoms with Gasteiger partial charge in [0.15, 0.2) is 5.13 Å². The van der Waals surface area contributed by atoms with Crippen LogP contribution in [0.2, 0.25) is 0 Å². The van der Waals surface area contributed by atoms with Gasteiger partial charge in [0.1, 0.15) is 10.7 Å². The van der Waals surface area contributed by atoms with Gasteiger partial charge in [0, 0.05) is 13.1 Å². The molecule has 0 fully saturated rings. The molecule has 0 saturated heterocycles. The molecule has 6 heteroatoms. The van der Waals surface area contributed by atoms with Gasteiger partial charge in [0.25, 0.3) is 5.91 Å². The SMILES string of the molecule is CCNc1nc(N)c(C(=O)NCCC(C)C)s1. The zero-order chi connectivity index (χ0) is 12.8. The summed E-state index contributed by atoms with van der Waals surface area (Å²) < 4.78 is 0. The maximum Gasteiger partial charge on any atom is 0.265 e. The fraction of sp³-hybridized carbons (Fsp3) is 0.636. The molecule has 0 aliphatic rings. The largest absolute Gasteiger partial charge is 0.382 e. The summed E-state index contributed by atoms with van der Waals surface area (Å²) >= 11 is 1.29. The predicted molar refractivity (Wildman–Crippen MR) is 72.5 cm³/mol. The molecule has 4 N–H and O–H groups in total. The number of rotatable bonds is 6. The first kappa shape index (κ1) is 13.8. The van der Waals surface area contributed by atoms with E-state index in [4.69, 9.17) is 5.73 Å². The summed E-state index contributed by atoms with van der Waals surface area (Å²) in [5.74, 6) is 0.740. The molecule has 0 aromatic carbocycles. The highest BCUT2D eigenvalue weighted by molar-refractivity contribution is 7.18. The van der Waals surface area contributed by atoms with Crippen LogP contribution in [-0.4, -0.2) is 24.0 Å². The molecule has 5 nitrogen and oxygen atoms in total. The summed E-state index contributed by atoms with van der Waals surface area (Å²) in [5.41, 5.74) is 5.70. The predicted octanol–water partition coefficient (Wildman–Crippen LogP) is 1.93. The van der Waals surface area contributed by atoms with Crippen LogP contribution in [-0.2, 0) is 0 Å². The van der Waals surface area contributed by atoms with Crippen LogP contribution in [0, 0.1) is 5.92 Å². The van der Waals surface area contributed by atoms with Crippen molar-refractivity contribution in [2.24, 2.45) is 5.92 Å². The van der Waals surface area contributed by atoms with E-state index in [9.17, 15) is 4.79 Å². The third-order valence-electron chi connectivity index (χ3n) is 2.19. The van der Waals surface area contributed by atoms with E-state index in [2.05, 4.69) is 29.5 Å². The van der Waals surface area contributed by atoms with Crippen molar-refractivity contribution in [2.45, 2.75) is 27.2 Å². The molecular weight excluding hydrogens is 236 g/mol. The molecule has 96 valence electrons. The Labute approximate surface area is 106 Å². The molecule has 0 aliphatic heterocycles. The third kappa shape index (κ3) is 4.22. The number of nitrogens with two attached hydrogens (primary N) is 1. The van der Waals surface area contributed by atoms with Gasteiger partial charge in [-0.05, 0) is 19.3 Å². The molecule has 0 unspecified atom stereocenters. The second-order valence-electron chi connectivity index (χ2n) is 4.20. The van der Waals surface area contributed by atoms with Gasteiger partial charge in [-0.3, -0.25) is 4.79 Å². The Morgan fingerprint density at radius 1 is 1.53 bits per heavy atom. The maximum atomic E-state index is 11.8. The van der Waals surface area contributed by atoms with E-state index in [1.54, 1.807) is 0 Å². The summed E-state index contributed by atoms with van der Waals surface area (Å²) in [5, 5.41) is 6.59. The van der Waals surface area contributed by atoms with Gasteiger partial charge in [0.05, 0.1) is 0 Å². The molecule has 1 aromatic heterocycles. The van der Waals surface area contributed by atoms with E-state index in [0.29, 0.717) is 28.3 Å². The second kappa shape index (κ2) is 6.44. The van der Waals surface area contributed by atoms with E-state index in [0.717, 1.165) is 13.0 Å². The Hall–Kier alpha value is -1.30. The van der Waals surface area contributed by atoms with E-state index >= 15 is 0 Å². The van der Waals surface area contributed by atoms with E-state index in [1.807, 2.05) is 6.92 Å². The Bertz CT molecular complexity index is 376. The molecule has 1 amide bonds. The third-order valence-corrected chi connectivity index (χ3v) is 3.22. The number of hydrogen-bond acceptors (Lipinski definition) is 5. The number of nitrogens with zero attached hydrogens (tertiary/aromatic N) is 1. The molecule has 0 aliphatic carbocycles. The quantitative estimate of drug-likeness (QED) is 0.726. The van der Waals surface area contributed by atoms with Crippen LogP contribution in [0.15, 0.2) is 0 Å². The van der Waals surface area contributed by atoms with Crippen LogP contribution >= 0.6 is 11.3 Å². The number of hydrogen-bond donors (Lipinski definition) is 3. The monoisotopic (exact) mass is 256 g/mol. The lowest BCUT2D eigenvalue weighted by atomic mass is 10.1. The number of nitrogens with one attached hydrogen (secondary N) is 2. The molecule has 0 atom stereocenters. The minimum atomic E-state index is -0.134. The van der Waals surface area contributed by atoms with Crippen LogP contribution in [0.25, 0.3) is 0 Å². The van der Waals surface area contributed by atoms with Crippen molar-refractivity contribution in [3.63, 3.8) is 0 Å². The Balaban J connectivity index is 2.56. The van der Waals surface area contributed by atoms with Crippen molar-refractivity contribution in [3.8, 4) is 0 Å². The minimum absolute atomic E-state index is 0.134. The number of nitrogen functional groups attached to an aromatic ring is 1. The lowest BCUT2D eigenvalue weighted by Crippen LogP contribution is -2.25. The molecule has 1 aromatic rings. The fourth-order valence-corrected chi connectivity index (χ4v) is 2.15. The first-order valence-corrected chi connectivity index (χ1v) is 6.64. The van der Waals surface area contributed by atoms with Crippen molar-refractivity contribution in [1.29, 1.82) is 0 Å². The summed E-state index contributed by atoms with van der Waals surface area (Å²) in [6, 6.07) is 0. The first-order chi connectivity index (χ1) is 8.04. The van der Waals surface area contributed by atoms with Crippen molar-refractivity contribution in [3.05, 3.63) is 4.88 Å². The van der Waals surface area contributed by atoms with Gasteiger partial charge in [-0.1, -0.05) is 25.2 Å². The van der Waals surface area contributed by atoms with Gasteiger partial charge < -0.3 is 16.4 Å². The zero-order valence-electron chi connectivity index (χ0n) is 10.5. The second-order valence-corrected chi connectivity index (χ2v) is 5.20. The van der Waals surface area contributed by atoms with Crippen LogP contribution in [0.1, 0.15) is 36.9 Å². The van der Waals surface area contributed by atoms with E-state index in [1.165, 1.54) is 11.3 Å². The molecule has 0 saturated carbocycles. The highest BCUT2D eigenvalue weighted by Crippen LogP contribution is 2.24. The first-order valence-electron chi connectivity index (χ1n) is 5.83. The Morgan fingerprint density at radius 3 is 2.82 bits per heavy atom. The summed E-state index contributed by atoms with van der Waals surface area (Å²) in [4.78, 5) is 16.4. The van der Waals surface area contributed by atoms with Gasteiger partial charge >= 0.3 is 0 Å². The molecule has 17 heavy (non-hydrogen) atoms. The molecule has 0 radical (unpaired) electrons. The van der Waals surface area contributed by atoms with E-state index < -0.39 is 0 Å². The van der Waals surface area contributed by atoms with Crippen LogP contribution in [0.4, 0.5) is 10.9 Å². The average molecular weight is 256 g/mol. The maximum absolute atomic E-state index is 11.8. The zero-order valence-corrected chi connectivity index (χ0v) is 11.4. The standard InChI is InChI=1S/C11H20N4OS/c1-4-13-11-15-9(12)8(17-11)10(16)14-6-5-7(2)3/h7H,4-6,12H2,1-3H3,(H,13,15)(H,14,16). The smallest absolute Gasteiger partial charge is 0.265 e. The van der Waals surface area contributed by atoms with E-state index in [-0.39, 0.29) is 5.91 Å². The van der Waals surface area contributed by atoms with Crippen molar-refractivity contribution in [2.75, 3.05) is 24.1 Å². The van der Waals surface area contributed by atoms with Gasteiger partial charge in [-0.2, -0.15) is 0 Å². The minimum Gasteiger partial charge on any atom is -0.382 e. The van der Waals surface area contributed by atoms with Crippen molar-refractivity contribution < 1.29 is 4.79 Å². The molecular formula is C11H20N4OS. The van der Waals surface area contributed by atoms with Crippen LogP contribution < -0.4 is 16.4 Å². The lowest BCUT2D eigenvalue weighted by Gasteiger charge is -2.05. The summed E-state index contributed by atoms with van der Waals surface area (Å²) in [6.07, 6.45) is 0.963. The average Bonchev–Trinajstić information content (AvgIpc) is 2.59. The molecule has 1 heterocycles. The molecule has 1 rings (SSSR count). The van der Waals surface area contributed by atoms with Gasteiger partial charge in [-0.15, -0.1) is 0 Å². The lowest BCUT2D eigenvalue weighted by molar-refractivity contribution is 0.0956. The van der Waals surface area contributed by atoms with Gasteiger partial charge in [0.2, 0.25) is 0 Å². The van der Waals surface area contributed by atoms with Crippen molar-refractivity contribution in [1.82, 2.24) is 10.3 Å². The normalized spacial score (nSPS) is 10.6. The Morgan fingerprint density at radius 2 is 2.24 bits per heavy atom. The highest BCUT2D eigenvalue weighted by atomic mass is 32.1. The van der Waals surface area contributed by atoms with Crippen LogP contribution in [0.5, 0.6) is 0 Å². The number of thiazole rings is 1. The topological polar surface area (TPSA) is 80.0 Å². The van der Waals surface area contributed by atoms with Crippen molar-refractivity contribution >= 4 is 28.2 Å². The number of carbonyl (C=O) groups excluding carboxylic acids is 1. The summed E-state index contributed by atoms with van der Waals surface area (Å²) in [7, 11) is 0. The number of carbonyl (C=O) groups is 1. The Kier molecular flexibility index (Phi) is 5.21.